The van der Waals surface area contributed by atoms with Crippen LogP contribution < -0.4 is 14.8 Å². The Labute approximate surface area is 215 Å². The zero-order chi connectivity index (χ0) is 25.4. The van der Waals surface area contributed by atoms with E-state index < -0.39 is 10.8 Å². The van der Waals surface area contributed by atoms with Gasteiger partial charge < -0.3 is 14.8 Å². The van der Waals surface area contributed by atoms with Gasteiger partial charge in [-0.3, -0.25) is 14.9 Å². The van der Waals surface area contributed by atoms with E-state index in [0.717, 1.165) is 16.1 Å². The number of ether oxygens (including phenoxy) is 2. The zero-order valence-electron chi connectivity index (χ0n) is 18.5. The van der Waals surface area contributed by atoms with E-state index in [1.165, 1.54) is 18.2 Å². The lowest BCUT2D eigenvalue weighted by Gasteiger charge is -2.13. The average molecular weight is 557 g/mol. The van der Waals surface area contributed by atoms with Gasteiger partial charge in [0, 0.05) is 15.6 Å². The molecule has 0 unspecified atom stereocenters. The van der Waals surface area contributed by atoms with Gasteiger partial charge in [-0.2, -0.15) is 5.26 Å². The maximum absolute atomic E-state index is 12.7. The maximum Gasteiger partial charge on any atom is 0.294 e. The summed E-state index contributed by atoms with van der Waals surface area (Å²) in [5, 5.41) is 23.3. The van der Waals surface area contributed by atoms with Crippen molar-refractivity contribution in [2.45, 2.75) is 13.5 Å². The number of amides is 1. The molecule has 1 N–H and O–H groups in total. The van der Waals surface area contributed by atoms with Crippen molar-refractivity contribution in [1.29, 1.82) is 5.26 Å². The van der Waals surface area contributed by atoms with Crippen molar-refractivity contribution in [3.8, 4) is 17.6 Å². The van der Waals surface area contributed by atoms with Gasteiger partial charge in [-0.25, -0.2) is 0 Å². The lowest BCUT2D eigenvalue weighted by atomic mass is 10.1. The number of nitriles is 1. The average Bonchev–Trinajstić information content (AvgIpc) is 2.84. The Morgan fingerprint density at radius 2 is 1.89 bits per heavy atom. The molecular weight excluding hydrogens is 538 g/mol. The van der Waals surface area contributed by atoms with Crippen LogP contribution in [0.25, 0.3) is 6.08 Å². The predicted molar refractivity (Wildman–Crippen MR) is 136 cm³/mol. The van der Waals surface area contributed by atoms with Crippen molar-refractivity contribution >= 4 is 50.9 Å². The first-order chi connectivity index (χ1) is 16.8. The molecule has 0 bridgehead atoms. The molecule has 3 aromatic carbocycles. The molecule has 35 heavy (non-hydrogen) atoms. The number of hydrogen-bond donors (Lipinski definition) is 1. The summed E-state index contributed by atoms with van der Waals surface area (Å²) >= 11 is 9.20. The maximum atomic E-state index is 12.7. The number of nitro groups is 1. The number of nitrogens with zero attached hydrogens (tertiary/aromatic N) is 2. The molecule has 0 aromatic heterocycles. The number of carbonyl (C=O) groups is 1. The van der Waals surface area contributed by atoms with Crippen LogP contribution in [0.4, 0.5) is 11.4 Å². The Kier molecular flexibility index (Phi) is 8.84. The van der Waals surface area contributed by atoms with Gasteiger partial charge in [0.05, 0.1) is 11.5 Å². The van der Waals surface area contributed by atoms with Gasteiger partial charge in [0.2, 0.25) is 0 Å². The van der Waals surface area contributed by atoms with Crippen molar-refractivity contribution in [2.75, 3.05) is 11.9 Å². The monoisotopic (exact) mass is 555 g/mol. The molecule has 0 spiro atoms. The van der Waals surface area contributed by atoms with Crippen LogP contribution in [0.5, 0.6) is 11.5 Å². The number of carbonyl (C=O) groups excluding carboxylic acids is 1. The van der Waals surface area contributed by atoms with E-state index in [1.807, 2.05) is 37.3 Å². The molecule has 0 aliphatic carbocycles. The number of anilines is 1. The molecule has 3 aromatic rings. The fourth-order valence-corrected chi connectivity index (χ4v) is 3.44. The Balaban J connectivity index is 1.81. The number of halogens is 2. The molecule has 178 valence electrons. The second-order valence-electron chi connectivity index (χ2n) is 7.10. The molecule has 0 saturated heterocycles. The predicted octanol–water partition coefficient (Wildman–Crippen LogP) is 6.53. The molecule has 1 amide bonds. The minimum absolute atomic E-state index is 0.0720. The van der Waals surface area contributed by atoms with E-state index in [1.54, 1.807) is 18.2 Å². The molecular formula is C25H19BrClN3O5. The quantitative estimate of drug-likeness (QED) is 0.139. The summed E-state index contributed by atoms with van der Waals surface area (Å²) < 4.78 is 12.5. The van der Waals surface area contributed by atoms with Gasteiger partial charge in [-0.15, -0.1) is 0 Å². The van der Waals surface area contributed by atoms with E-state index in [2.05, 4.69) is 21.2 Å². The second kappa shape index (κ2) is 12.0. The molecule has 0 radical (unpaired) electrons. The van der Waals surface area contributed by atoms with Crippen molar-refractivity contribution in [3.63, 3.8) is 0 Å². The smallest absolute Gasteiger partial charge is 0.294 e. The topological polar surface area (TPSA) is 114 Å². The third-order valence-electron chi connectivity index (χ3n) is 4.66. The Bertz CT molecular complexity index is 1320. The highest BCUT2D eigenvalue weighted by Crippen LogP contribution is 2.31. The van der Waals surface area contributed by atoms with Crippen LogP contribution in [0.15, 0.2) is 70.7 Å². The van der Waals surface area contributed by atoms with Crippen molar-refractivity contribution < 1.29 is 19.2 Å². The van der Waals surface area contributed by atoms with E-state index in [0.29, 0.717) is 30.3 Å². The fourth-order valence-electron chi connectivity index (χ4n) is 3.01. The molecule has 10 heteroatoms. The van der Waals surface area contributed by atoms with Crippen LogP contribution in [0.1, 0.15) is 18.1 Å². The number of rotatable bonds is 9. The molecule has 3 rings (SSSR count). The molecule has 0 fully saturated rings. The van der Waals surface area contributed by atoms with Crippen LogP contribution in [0.2, 0.25) is 5.02 Å². The summed E-state index contributed by atoms with van der Waals surface area (Å²) in [4.78, 5) is 23.2. The van der Waals surface area contributed by atoms with Crippen LogP contribution in [-0.2, 0) is 11.4 Å². The molecule has 8 nitrogen and oxygen atoms in total. The highest BCUT2D eigenvalue weighted by molar-refractivity contribution is 9.10. The van der Waals surface area contributed by atoms with Gasteiger partial charge in [0.25, 0.3) is 11.6 Å². The number of hydrogen-bond acceptors (Lipinski definition) is 6. The molecule has 0 atom stereocenters. The normalized spacial score (nSPS) is 10.9. The lowest BCUT2D eigenvalue weighted by molar-refractivity contribution is -0.383. The minimum atomic E-state index is -0.800. The van der Waals surface area contributed by atoms with Crippen molar-refractivity contribution in [1.82, 2.24) is 0 Å². The summed E-state index contributed by atoms with van der Waals surface area (Å²) in [5.74, 6) is 0.155. The third kappa shape index (κ3) is 7.06. The van der Waals surface area contributed by atoms with Crippen molar-refractivity contribution in [2.24, 2.45) is 0 Å². The van der Waals surface area contributed by atoms with E-state index in [-0.39, 0.29) is 22.0 Å². The molecule has 0 aliphatic heterocycles. The Morgan fingerprint density at radius 1 is 1.14 bits per heavy atom. The van der Waals surface area contributed by atoms with Gasteiger partial charge in [-0.1, -0.05) is 45.7 Å². The first-order valence-corrected chi connectivity index (χ1v) is 11.5. The van der Waals surface area contributed by atoms with Gasteiger partial charge >= 0.3 is 0 Å². The zero-order valence-corrected chi connectivity index (χ0v) is 20.8. The largest absolute Gasteiger partial charge is 0.490 e. The fraction of sp³-hybridized carbons (Fsp3) is 0.120. The van der Waals surface area contributed by atoms with Crippen LogP contribution >= 0.6 is 27.5 Å². The van der Waals surface area contributed by atoms with Gasteiger partial charge in [0.1, 0.15) is 23.9 Å². The highest BCUT2D eigenvalue weighted by atomic mass is 79.9. The minimum Gasteiger partial charge on any atom is -0.490 e. The number of nitro benzene ring substituents is 1. The van der Waals surface area contributed by atoms with Gasteiger partial charge in [-0.05, 0) is 60.5 Å². The summed E-state index contributed by atoms with van der Waals surface area (Å²) in [6.07, 6.45) is 1.36. The Morgan fingerprint density at radius 3 is 2.54 bits per heavy atom. The molecule has 0 heterocycles. The number of nitrogens with one attached hydrogen (secondary N) is 1. The van der Waals surface area contributed by atoms with E-state index in [9.17, 15) is 20.2 Å². The van der Waals surface area contributed by atoms with Crippen LogP contribution in [-0.4, -0.2) is 17.4 Å². The van der Waals surface area contributed by atoms with Gasteiger partial charge in [0.15, 0.2) is 11.5 Å². The third-order valence-corrected chi connectivity index (χ3v) is 5.42. The highest BCUT2D eigenvalue weighted by Gasteiger charge is 2.19. The summed E-state index contributed by atoms with van der Waals surface area (Å²) in [7, 11) is 0. The number of benzene rings is 3. The van der Waals surface area contributed by atoms with E-state index in [4.69, 9.17) is 21.1 Å². The summed E-state index contributed by atoms with van der Waals surface area (Å²) in [5.41, 5.74) is 0.785. The van der Waals surface area contributed by atoms with Crippen molar-refractivity contribution in [3.05, 3.63) is 97.0 Å². The SMILES string of the molecule is CCOc1cc(/C=C(\C#N)C(=O)Nc2ccc(Cl)cc2[N+](=O)[O-])ccc1OCc1ccc(Br)cc1. The molecule has 0 aliphatic rings. The lowest BCUT2D eigenvalue weighted by Crippen LogP contribution is -2.14. The second-order valence-corrected chi connectivity index (χ2v) is 8.45. The Hall–Kier alpha value is -3.87. The van der Waals surface area contributed by atoms with E-state index >= 15 is 0 Å². The summed E-state index contributed by atoms with van der Waals surface area (Å²) in [6, 6.07) is 18.4. The molecule has 0 saturated carbocycles. The summed E-state index contributed by atoms with van der Waals surface area (Å²) in [6.45, 7) is 2.54. The first-order valence-electron chi connectivity index (χ1n) is 10.3. The van der Waals surface area contributed by atoms with Crippen LogP contribution in [0.3, 0.4) is 0 Å². The van der Waals surface area contributed by atoms with Crippen LogP contribution in [0, 0.1) is 21.4 Å². The standard InChI is InChI=1S/C25H19BrClN3O5/c1-2-34-24-12-17(5-10-23(24)35-15-16-3-6-19(26)7-4-16)11-18(14-28)25(31)29-21-9-8-20(27)13-22(21)30(32)33/h3-13H,2,15H2,1H3,(H,29,31)/b18-11+. The first kappa shape index (κ1) is 25.7.